The van der Waals surface area contributed by atoms with Crippen LogP contribution in [0.1, 0.15) is 12.5 Å². The lowest BCUT2D eigenvalue weighted by atomic mass is 10.1. The summed E-state index contributed by atoms with van der Waals surface area (Å²) in [6.07, 6.45) is 0. The van der Waals surface area contributed by atoms with Crippen molar-refractivity contribution in [3.63, 3.8) is 0 Å². The smallest absolute Gasteiger partial charge is 0.273 e. The number of carboxylic acids is 1. The van der Waals surface area contributed by atoms with E-state index in [1.54, 1.807) is 6.07 Å². The molecule has 0 unspecified atom stereocenters. The number of hydrogen-bond acceptors (Lipinski definition) is 5. The molecule has 0 heterocycles. The van der Waals surface area contributed by atoms with Crippen LogP contribution in [0.5, 0.6) is 0 Å². The van der Waals surface area contributed by atoms with Crippen molar-refractivity contribution in [2.24, 2.45) is 0 Å². The molecule has 1 aromatic rings. The normalized spacial score (nSPS) is 9.79. The predicted octanol–water partition coefficient (Wildman–Crippen LogP) is 0.550. The summed E-state index contributed by atoms with van der Waals surface area (Å²) in [4.78, 5) is 22.9. The second-order valence-electron chi connectivity index (χ2n) is 3.43. The number of hydrogen-bond donors (Lipinski definition) is 1. The summed E-state index contributed by atoms with van der Waals surface area (Å²) in [5.41, 5.74) is 5.50. The van der Waals surface area contributed by atoms with Gasteiger partial charge >= 0.3 is 0 Å². The Kier molecular flexibility index (Phi) is 4.59. The third kappa shape index (κ3) is 2.72. The first kappa shape index (κ1) is 15.1. The first-order valence-electron chi connectivity index (χ1n) is 5.05. The summed E-state index contributed by atoms with van der Waals surface area (Å²) >= 11 is 11.7. The van der Waals surface area contributed by atoms with Gasteiger partial charge in [-0.15, -0.1) is 0 Å². The molecule has 0 saturated heterocycles. The summed E-state index contributed by atoms with van der Waals surface area (Å²) in [6, 6.07) is 2.98. The van der Waals surface area contributed by atoms with Gasteiger partial charge in [0.25, 0.3) is 5.91 Å². The molecule has 8 heteroatoms. The maximum absolute atomic E-state index is 11.5. The third-order valence-corrected chi connectivity index (χ3v) is 3.17. The molecule has 1 amide bonds. The van der Waals surface area contributed by atoms with E-state index in [1.165, 1.54) is 13.0 Å². The average molecular weight is 301 g/mol. The monoisotopic (exact) mass is 300 g/mol. The summed E-state index contributed by atoms with van der Waals surface area (Å²) in [5.74, 6) is -3.17. The van der Waals surface area contributed by atoms with Gasteiger partial charge in [-0.25, -0.2) is 0 Å². The minimum Gasteiger partial charge on any atom is -0.540 e. The number of amides is 1. The van der Waals surface area contributed by atoms with Gasteiger partial charge in [-0.1, -0.05) is 23.2 Å². The van der Waals surface area contributed by atoms with Crippen LogP contribution in [-0.4, -0.2) is 18.4 Å². The molecule has 6 nitrogen and oxygen atoms in total. The van der Waals surface area contributed by atoms with Gasteiger partial charge < -0.3 is 20.5 Å². The number of anilines is 2. The second kappa shape index (κ2) is 5.78. The SMILES string of the molecule is CCN(C(=O)C(=O)[O-])c1cc(C#N)c(Cl)c(N)c1Cl. The molecule has 0 aliphatic rings. The average Bonchev–Trinajstić information content (AvgIpc) is 2.39. The Morgan fingerprint density at radius 1 is 1.47 bits per heavy atom. The van der Waals surface area contributed by atoms with E-state index in [9.17, 15) is 14.7 Å². The van der Waals surface area contributed by atoms with E-state index in [0.29, 0.717) is 0 Å². The number of carboxylic acid groups (broad SMARTS) is 1. The van der Waals surface area contributed by atoms with Crippen LogP contribution in [-0.2, 0) is 9.59 Å². The van der Waals surface area contributed by atoms with Crippen molar-refractivity contribution in [3.05, 3.63) is 21.7 Å². The van der Waals surface area contributed by atoms with Crippen LogP contribution in [0, 0.1) is 11.3 Å². The molecule has 0 fully saturated rings. The number of aliphatic carboxylic acids is 1. The van der Waals surface area contributed by atoms with E-state index >= 15 is 0 Å². The van der Waals surface area contributed by atoms with Crippen molar-refractivity contribution in [2.75, 3.05) is 17.2 Å². The highest BCUT2D eigenvalue weighted by Crippen LogP contribution is 2.38. The number of nitriles is 1. The number of nitrogens with two attached hydrogens (primary N) is 1. The molecule has 0 aliphatic carbocycles. The Bertz CT molecular complexity index is 596. The summed E-state index contributed by atoms with van der Waals surface area (Å²) in [6.45, 7) is 1.55. The van der Waals surface area contributed by atoms with Crippen LogP contribution < -0.4 is 15.7 Å². The van der Waals surface area contributed by atoms with Gasteiger partial charge in [-0.05, 0) is 13.0 Å². The van der Waals surface area contributed by atoms with Gasteiger partial charge in [0.15, 0.2) is 0 Å². The summed E-state index contributed by atoms with van der Waals surface area (Å²) in [7, 11) is 0. The molecule has 0 aliphatic heterocycles. The Balaban J connectivity index is 3.50. The number of likely N-dealkylation sites (N-methyl/N-ethyl adjacent to an activating group) is 1. The van der Waals surface area contributed by atoms with Gasteiger partial charge in [-0.3, -0.25) is 4.79 Å². The van der Waals surface area contributed by atoms with Gasteiger partial charge in [-0.2, -0.15) is 5.26 Å². The Labute approximate surface area is 118 Å². The molecular formula is C11H8Cl2N3O3-. The molecule has 0 aromatic heterocycles. The zero-order chi connectivity index (χ0) is 14.7. The first-order chi connectivity index (χ1) is 8.84. The molecule has 1 rings (SSSR count). The van der Waals surface area contributed by atoms with E-state index in [-0.39, 0.29) is 33.5 Å². The van der Waals surface area contributed by atoms with E-state index in [2.05, 4.69) is 0 Å². The fourth-order valence-electron chi connectivity index (χ4n) is 1.45. The van der Waals surface area contributed by atoms with E-state index < -0.39 is 11.9 Å². The largest absolute Gasteiger partial charge is 0.540 e. The first-order valence-corrected chi connectivity index (χ1v) is 5.81. The molecule has 0 spiro atoms. The summed E-state index contributed by atoms with van der Waals surface area (Å²) in [5, 5.41) is 19.4. The molecule has 2 N–H and O–H groups in total. The minimum atomic E-state index is -1.88. The van der Waals surface area contributed by atoms with Crippen molar-refractivity contribution in [2.45, 2.75) is 6.92 Å². The Morgan fingerprint density at radius 2 is 2.05 bits per heavy atom. The highest BCUT2D eigenvalue weighted by atomic mass is 35.5. The van der Waals surface area contributed by atoms with Crippen LogP contribution in [0.2, 0.25) is 10.0 Å². The van der Waals surface area contributed by atoms with Gasteiger partial charge in [0.2, 0.25) is 0 Å². The number of carbonyl (C=O) groups excluding carboxylic acids is 2. The fraction of sp³-hybridized carbons (Fsp3) is 0.182. The van der Waals surface area contributed by atoms with E-state index in [1.807, 2.05) is 0 Å². The van der Waals surface area contributed by atoms with E-state index in [0.717, 1.165) is 4.90 Å². The molecular weight excluding hydrogens is 293 g/mol. The number of carbonyl (C=O) groups is 2. The quantitative estimate of drug-likeness (QED) is 0.633. The van der Waals surface area contributed by atoms with Gasteiger partial charge in [0.05, 0.1) is 27.0 Å². The van der Waals surface area contributed by atoms with Crippen molar-refractivity contribution in [3.8, 4) is 6.07 Å². The van der Waals surface area contributed by atoms with Crippen LogP contribution in [0.15, 0.2) is 6.07 Å². The van der Waals surface area contributed by atoms with Gasteiger partial charge in [0, 0.05) is 6.54 Å². The van der Waals surface area contributed by atoms with Crippen LogP contribution in [0.3, 0.4) is 0 Å². The maximum atomic E-state index is 11.5. The molecule has 1 aromatic carbocycles. The number of rotatable bonds is 2. The number of benzene rings is 1. The topological polar surface area (TPSA) is 110 Å². The van der Waals surface area contributed by atoms with E-state index in [4.69, 9.17) is 34.2 Å². The minimum absolute atomic E-state index is 0.00295. The van der Waals surface area contributed by atoms with Crippen LogP contribution in [0.25, 0.3) is 0 Å². The Morgan fingerprint density at radius 3 is 2.47 bits per heavy atom. The Hall–Kier alpha value is -1.97. The zero-order valence-corrected chi connectivity index (χ0v) is 11.2. The van der Waals surface area contributed by atoms with Crippen molar-refractivity contribution < 1.29 is 14.7 Å². The number of nitrogen functional groups attached to an aromatic ring is 1. The summed E-state index contributed by atoms with van der Waals surface area (Å²) < 4.78 is 0. The second-order valence-corrected chi connectivity index (χ2v) is 4.19. The molecule has 0 radical (unpaired) electrons. The molecule has 0 saturated carbocycles. The lowest BCUT2D eigenvalue weighted by Gasteiger charge is -2.23. The number of halogens is 2. The highest BCUT2D eigenvalue weighted by molar-refractivity contribution is 6.43. The predicted molar refractivity (Wildman–Crippen MR) is 68.6 cm³/mol. The number of nitrogens with zero attached hydrogens (tertiary/aromatic N) is 2. The van der Waals surface area contributed by atoms with Crippen LogP contribution >= 0.6 is 23.2 Å². The van der Waals surface area contributed by atoms with Crippen molar-refractivity contribution >= 4 is 46.5 Å². The van der Waals surface area contributed by atoms with Crippen molar-refractivity contribution in [1.29, 1.82) is 5.26 Å². The molecule has 100 valence electrons. The van der Waals surface area contributed by atoms with Crippen molar-refractivity contribution in [1.82, 2.24) is 0 Å². The van der Waals surface area contributed by atoms with Crippen LogP contribution in [0.4, 0.5) is 11.4 Å². The highest BCUT2D eigenvalue weighted by Gasteiger charge is 2.22. The third-order valence-electron chi connectivity index (χ3n) is 2.36. The molecule has 0 bridgehead atoms. The maximum Gasteiger partial charge on any atom is 0.273 e. The molecule has 0 atom stereocenters. The fourth-order valence-corrected chi connectivity index (χ4v) is 1.94. The lowest BCUT2D eigenvalue weighted by molar-refractivity contribution is -0.299. The molecule has 19 heavy (non-hydrogen) atoms. The lowest BCUT2D eigenvalue weighted by Crippen LogP contribution is -2.44. The standard InChI is InChI=1S/C11H9Cl2N3O3/c1-2-16(10(17)11(18)19)6-3-5(4-14)7(12)9(15)8(6)13/h3H,2,15H2,1H3,(H,18,19)/p-1. The zero-order valence-electron chi connectivity index (χ0n) is 9.74. The van der Waals surface area contributed by atoms with Gasteiger partial charge in [0.1, 0.15) is 12.0 Å².